The van der Waals surface area contributed by atoms with Crippen molar-refractivity contribution < 1.29 is 4.39 Å². The Hall–Kier alpha value is -1.80. The molecule has 0 saturated heterocycles. The number of aromatic nitrogens is 4. The second-order valence-electron chi connectivity index (χ2n) is 5.00. The van der Waals surface area contributed by atoms with E-state index >= 15 is 0 Å². The smallest absolute Gasteiger partial charge is 0.262 e. The molecule has 0 radical (unpaired) electrons. The molecule has 0 bridgehead atoms. The molecule has 2 heterocycles. The van der Waals surface area contributed by atoms with Crippen molar-refractivity contribution in [3.63, 3.8) is 0 Å². The lowest BCUT2D eigenvalue weighted by molar-refractivity contribution is 0.557. The Balaban J connectivity index is 2.16. The van der Waals surface area contributed by atoms with Gasteiger partial charge in [0.05, 0.1) is 16.6 Å². The first kappa shape index (κ1) is 17.0. The summed E-state index contributed by atoms with van der Waals surface area (Å²) < 4.78 is 16.7. The zero-order valence-corrected chi connectivity index (χ0v) is 15.5. The third-order valence-corrected chi connectivity index (χ3v) is 5.02. The zero-order chi connectivity index (χ0) is 17.3. The molecule has 0 N–H and O–H groups in total. The first-order valence-electron chi connectivity index (χ1n) is 7.42. The van der Waals surface area contributed by atoms with Gasteiger partial charge in [-0.1, -0.05) is 22.9 Å². The minimum atomic E-state index is -0.460. The highest BCUT2D eigenvalue weighted by molar-refractivity contribution is 9.10. The monoisotopic (exact) mass is 408 g/mol. The zero-order valence-electron chi connectivity index (χ0n) is 13.1. The van der Waals surface area contributed by atoms with Crippen molar-refractivity contribution in [2.45, 2.75) is 37.0 Å². The lowest BCUT2D eigenvalue weighted by Crippen LogP contribution is -2.22. The van der Waals surface area contributed by atoms with Crippen LogP contribution >= 0.6 is 27.7 Å². The van der Waals surface area contributed by atoms with Crippen LogP contribution in [0.2, 0.25) is 0 Å². The molecule has 2 aromatic heterocycles. The van der Waals surface area contributed by atoms with E-state index in [1.807, 2.05) is 19.9 Å². The van der Waals surface area contributed by atoms with E-state index in [0.717, 1.165) is 16.2 Å². The molecule has 124 valence electrons. The van der Waals surface area contributed by atoms with Gasteiger partial charge in [-0.25, -0.2) is 19.3 Å². The van der Waals surface area contributed by atoms with E-state index in [2.05, 4.69) is 30.9 Å². The van der Waals surface area contributed by atoms with Gasteiger partial charge < -0.3 is 0 Å². The Morgan fingerprint density at radius 1 is 1.29 bits per heavy atom. The molecule has 0 aliphatic rings. The first-order chi connectivity index (χ1) is 11.5. The number of halogens is 2. The highest BCUT2D eigenvalue weighted by atomic mass is 79.9. The number of rotatable bonds is 4. The van der Waals surface area contributed by atoms with Crippen LogP contribution in [-0.2, 0) is 13.0 Å². The van der Waals surface area contributed by atoms with Gasteiger partial charge in [0.15, 0.2) is 11.0 Å². The molecular weight excluding hydrogens is 395 g/mol. The third kappa shape index (κ3) is 3.08. The number of benzene rings is 1. The number of nitrogens with zero attached hydrogens (tertiary/aromatic N) is 4. The Kier molecular flexibility index (Phi) is 4.96. The highest BCUT2D eigenvalue weighted by Gasteiger charge is 2.16. The van der Waals surface area contributed by atoms with Crippen LogP contribution in [0.15, 0.2) is 44.0 Å². The summed E-state index contributed by atoms with van der Waals surface area (Å²) in [4.78, 5) is 25.1. The molecule has 0 amide bonds. The van der Waals surface area contributed by atoms with Gasteiger partial charge in [0.1, 0.15) is 11.4 Å². The van der Waals surface area contributed by atoms with Gasteiger partial charge in [-0.2, -0.15) is 0 Å². The highest BCUT2D eigenvalue weighted by Crippen LogP contribution is 2.28. The van der Waals surface area contributed by atoms with Gasteiger partial charge >= 0.3 is 0 Å². The van der Waals surface area contributed by atoms with E-state index < -0.39 is 5.82 Å². The lowest BCUT2D eigenvalue weighted by Gasteiger charge is -2.11. The molecule has 0 saturated carbocycles. The van der Waals surface area contributed by atoms with Crippen molar-refractivity contribution in [3.05, 3.63) is 50.9 Å². The molecule has 0 spiro atoms. The molecule has 0 atom stereocenters. The van der Waals surface area contributed by atoms with E-state index in [1.54, 1.807) is 12.1 Å². The fourth-order valence-electron chi connectivity index (χ4n) is 2.32. The van der Waals surface area contributed by atoms with Crippen molar-refractivity contribution in [1.29, 1.82) is 0 Å². The lowest BCUT2D eigenvalue weighted by atomic mass is 10.2. The van der Waals surface area contributed by atoms with Crippen LogP contribution in [0.5, 0.6) is 0 Å². The summed E-state index contributed by atoms with van der Waals surface area (Å²) >= 11 is 4.41. The molecule has 1 aromatic carbocycles. The van der Waals surface area contributed by atoms with Crippen LogP contribution in [0.1, 0.15) is 19.5 Å². The molecular formula is C16H14BrFN4OS. The van der Waals surface area contributed by atoms with Crippen LogP contribution in [0.4, 0.5) is 4.39 Å². The van der Waals surface area contributed by atoms with Crippen molar-refractivity contribution >= 4 is 38.6 Å². The van der Waals surface area contributed by atoms with Crippen molar-refractivity contribution in [2.75, 3.05) is 0 Å². The van der Waals surface area contributed by atoms with Crippen LogP contribution in [0, 0.1) is 5.82 Å². The second-order valence-corrected chi connectivity index (χ2v) is 6.87. The van der Waals surface area contributed by atoms with Crippen molar-refractivity contribution in [1.82, 2.24) is 19.5 Å². The summed E-state index contributed by atoms with van der Waals surface area (Å²) in [6.07, 6.45) is 1.80. The van der Waals surface area contributed by atoms with Crippen LogP contribution < -0.4 is 5.56 Å². The maximum atomic E-state index is 14.4. The van der Waals surface area contributed by atoms with Crippen molar-refractivity contribution in [2.24, 2.45) is 0 Å². The summed E-state index contributed by atoms with van der Waals surface area (Å²) in [5.41, 5.74) is 0.764. The maximum absolute atomic E-state index is 14.4. The Morgan fingerprint density at radius 3 is 2.79 bits per heavy atom. The minimum absolute atomic E-state index is 0.156. The van der Waals surface area contributed by atoms with E-state index in [1.165, 1.54) is 10.9 Å². The average Bonchev–Trinajstić information content (AvgIpc) is 2.58. The van der Waals surface area contributed by atoms with E-state index in [4.69, 9.17) is 0 Å². The quantitative estimate of drug-likeness (QED) is 0.484. The SMILES string of the molecule is CCc1ncnc(Sc2nc3ccc(Br)cc3c(=O)n2CC)c1F. The van der Waals surface area contributed by atoms with Crippen LogP contribution in [0.25, 0.3) is 10.9 Å². The molecule has 0 unspecified atom stereocenters. The topological polar surface area (TPSA) is 60.7 Å². The standard InChI is InChI=1S/C16H14BrFN4OS/c1-3-11-13(18)14(20-8-19-11)24-16-21-12-6-5-9(17)7-10(12)15(23)22(16)4-2/h5-8H,3-4H2,1-2H3. The van der Waals surface area contributed by atoms with Gasteiger partial charge in [0.2, 0.25) is 0 Å². The fourth-order valence-corrected chi connectivity index (χ4v) is 3.63. The number of hydrogen-bond donors (Lipinski definition) is 0. The number of fused-ring (bicyclic) bond motifs is 1. The van der Waals surface area contributed by atoms with Gasteiger partial charge in [0, 0.05) is 11.0 Å². The van der Waals surface area contributed by atoms with Crippen molar-refractivity contribution in [3.8, 4) is 0 Å². The Labute approximate surface area is 150 Å². The minimum Gasteiger partial charge on any atom is -0.287 e. The van der Waals surface area contributed by atoms with Gasteiger partial charge in [-0.3, -0.25) is 9.36 Å². The fraction of sp³-hybridized carbons (Fsp3) is 0.250. The normalized spacial score (nSPS) is 11.2. The maximum Gasteiger partial charge on any atom is 0.262 e. The second kappa shape index (κ2) is 6.98. The summed E-state index contributed by atoms with van der Waals surface area (Å²) in [5.74, 6) is -0.460. The number of hydrogen-bond acceptors (Lipinski definition) is 5. The van der Waals surface area contributed by atoms with E-state index in [0.29, 0.717) is 34.7 Å². The van der Waals surface area contributed by atoms with Crippen LogP contribution in [-0.4, -0.2) is 19.5 Å². The Morgan fingerprint density at radius 2 is 2.08 bits per heavy atom. The van der Waals surface area contributed by atoms with E-state index in [-0.39, 0.29) is 10.6 Å². The van der Waals surface area contributed by atoms with Gasteiger partial charge in [-0.15, -0.1) is 0 Å². The molecule has 8 heteroatoms. The van der Waals surface area contributed by atoms with Gasteiger partial charge in [0.25, 0.3) is 5.56 Å². The first-order valence-corrected chi connectivity index (χ1v) is 9.03. The van der Waals surface area contributed by atoms with Gasteiger partial charge in [-0.05, 0) is 43.3 Å². The average molecular weight is 409 g/mol. The molecule has 3 rings (SSSR count). The largest absolute Gasteiger partial charge is 0.287 e. The third-order valence-electron chi connectivity index (χ3n) is 3.55. The molecule has 0 aliphatic heterocycles. The summed E-state index contributed by atoms with van der Waals surface area (Å²) in [7, 11) is 0. The summed E-state index contributed by atoms with van der Waals surface area (Å²) in [5, 5.41) is 1.11. The molecule has 3 aromatic rings. The number of aryl methyl sites for hydroxylation is 1. The van der Waals surface area contributed by atoms with Crippen LogP contribution in [0.3, 0.4) is 0 Å². The predicted molar refractivity (Wildman–Crippen MR) is 94.9 cm³/mol. The summed E-state index contributed by atoms with van der Waals surface area (Å²) in [6.45, 7) is 4.11. The molecule has 0 aliphatic carbocycles. The molecule has 24 heavy (non-hydrogen) atoms. The predicted octanol–water partition coefficient (Wildman–Crippen LogP) is 3.82. The summed E-state index contributed by atoms with van der Waals surface area (Å²) in [6, 6.07) is 5.32. The molecule has 0 fully saturated rings. The molecule has 5 nitrogen and oxygen atoms in total. The van der Waals surface area contributed by atoms with E-state index in [9.17, 15) is 9.18 Å². The Bertz CT molecular complexity index is 976.